The summed E-state index contributed by atoms with van der Waals surface area (Å²) in [6.07, 6.45) is 3.46. The second kappa shape index (κ2) is 7.66. The lowest BCUT2D eigenvalue weighted by atomic mass is 10.2. The van der Waals surface area contributed by atoms with Crippen LogP contribution in [0.25, 0.3) is 33.5 Å². The molecule has 0 unspecified atom stereocenters. The second-order valence-corrected chi connectivity index (χ2v) is 7.25. The first-order chi connectivity index (χ1) is 14.4. The summed E-state index contributed by atoms with van der Waals surface area (Å²) in [5, 5.41) is 0.940. The van der Waals surface area contributed by atoms with Crippen molar-refractivity contribution in [1.82, 2.24) is 29.4 Å². The Hall–Kier alpha value is -3.62. The normalized spacial score (nSPS) is 11.2. The summed E-state index contributed by atoms with van der Waals surface area (Å²) in [6.45, 7) is 6.15. The molecule has 0 fully saturated rings. The highest BCUT2D eigenvalue weighted by Crippen LogP contribution is 2.32. The van der Waals surface area contributed by atoms with E-state index in [0.29, 0.717) is 24.6 Å². The van der Waals surface area contributed by atoms with Gasteiger partial charge in [-0.25, -0.2) is 15.0 Å². The lowest BCUT2D eigenvalue weighted by molar-refractivity contribution is -0.128. The number of carbonyl (C=O) groups is 1. The van der Waals surface area contributed by atoms with E-state index in [1.807, 2.05) is 35.9 Å². The highest BCUT2D eigenvalue weighted by Gasteiger charge is 2.17. The standard InChI is InChI=1S/C21H22BN7O/c1-5-9-29(13(2)30)11-14-7-6-8-16(24-14)17-10-15-19-18(23-12-27(19)3)21(28(4)22)26-20(15)25-17/h5-8,10,12H,1,9,11H2,2-4H3,(H,25,26). The lowest BCUT2D eigenvalue weighted by Crippen LogP contribution is -2.28. The number of hydrogen-bond acceptors (Lipinski definition) is 5. The van der Waals surface area contributed by atoms with Crippen LogP contribution in [0.2, 0.25) is 0 Å². The number of aryl methyl sites for hydroxylation is 1. The number of nitrogens with zero attached hydrogens (tertiary/aromatic N) is 6. The largest absolute Gasteiger partial charge is 0.411 e. The van der Waals surface area contributed by atoms with Gasteiger partial charge in [-0.15, -0.1) is 6.58 Å². The molecule has 0 aromatic carbocycles. The molecule has 0 aliphatic carbocycles. The number of carbonyl (C=O) groups excluding carboxylic acids is 1. The van der Waals surface area contributed by atoms with Gasteiger partial charge in [0.05, 0.1) is 35.5 Å². The third kappa shape index (κ3) is 3.43. The second-order valence-electron chi connectivity index (χ2n) is 7.25. The van der Waals surface area contributed by atoms with Gasteiger partial charge in [-0.05, 0) is 25.2 Å². The SMILES string of the molecule is [B]N(C)c1nc2[nH]c(-c3cccc(CN(CC=C)C(C)=O)n3)cc2c2c1ncn2C. The van der Waals surface area contributed by atoms with Gasteiger partial charge in [0.25, 0.3) is 0 Å². The third-order valence-corrected chi connectivity index (χ3v) is 4.98. The number of aromatic amines is 1. The fourth-order valence-corrected chi connectivity index (χ4v) is 3.54. The van der Waals surface area contributed by atoms with Crippen molar-refractivity contribution >= 4 is 41.8 Å². The van der Waals surface area contributed by atoms with E-state index in [9.17, 15) is 4.79 Å². The molecule has 30 heavy (non-hydrogen) atoms. The number of aromatic nitrogens is 5. The lowest BCUT2D eigenvalue weighted by Gasteiger charge is -2.18. The van der Waals surface area contributed by atoms with Crippen LogP contribution in [0.15, 0.2) is 43.2 Å². The van der Waals surface area contributed by atoms with Crippen molar-refractivity contribution in [2.75, 3.05) is 18.4 Å². The van der Waals surface area contributed by atoms with Crippen LogP contribution in [0, 0.1) is 0 Å². The molecule has 0 saturated heterocycles. The Morgan fingerprint density at radius 2 is 2.17 bits per heavy atom. The topological polar surface area (TPSA) is 82.9 Å². The summed E-state index contributed by atoms with van der Waals surface area (Å²) in [6, 6.07) is 7.79. The molecule has 0 aliphatic rings. The minimum absolute atomic E-state index is 0.0195. The van der Waals surface area contributed by atoms with Crippen molar-refractivity contribution < 1.29 is 4.79 Å². The highest BCUT2D eigenvalue weighted by molar-refractivity contribution is 6.20. The Bertz CT molecular complexity index is 1260. The van der Waals surface area contributed by atoms with Crippen molar-refractivity contribution in [1.29, 1.82) is 0 Å². The van der Waals surface area contributed by atoms with Gasteiger partial charge in [-0.2, -0.15) is 0 Å². The molecule has 4 aromatic rings. The first-order valence-electron chi connectivity index (χ1n) is 9.54. The van der Waals surface area contributed by atoms with Crippen LogP contribution < -0.4 is 4.81 Å². The molecular weight excluding hydrogens is 377 g/mol. The summed E-state index contributed by atoms with van der Waals surface area (Å²) in [4.78, 5) is 32.2. The number of amides is 1. The molecule has 1 amide bonds. The summed E-state index contributed by atoms with van der Waals surface area (Å²) < 4.78 is 1.95. The number of hydrogen-bond donors (Lipinski definition) is 1. The van der Waals surface area contributed by atoms with E-state index in [4.69, 9.17) is 13.0 Å². The van der Waals surface area contributed by atoms with Crippen LogP contribution >= 0.6 is 0 Å². The summed E-state index contributed by atoms with van der Waals surface area (Å²) in [7, 11) is 9.65. The first-order valence-corrected chi connectivity index (χ1v) is 9.54. The van der Waals surface area contributed by atoms with Crippen LogP contribution in [0.3, 0.4) is 0 Å². The van der Waals surface area contributed by atoms with E-state index in [-0.39, 0.29) is 5.91 Å². The maximum Gasteiger partial charge on any atom is 0.228 e. The minimum Gasteiger partial charge on any atom is -0.411 e. The molecule has 0 spiro atoms. The summed E-state index contributed by atoms with van der Waals surface area (Å²) in [5.41, 5.74) is 4.78. The Morgan fingerprint density at radius 3 is 2.87 bits per heavy atom. The average Bonchev–Trinajstić information content (AvgIpc) is 3.30. The molecule has 4 aromatic heterocycles. The monoisotopic (exact) mass is 399 g/mol. The van der Waals surface area contributed by atoms with Gasteiger partial charge in [0.15, 0.2) is 0 Å². The van der Waals surface area contributed by atoms with Gasteiger partial charge < -0.3 is 19.3 Å². The van der Waals surface area contributed by atoms with Crippen molar-refractivity contribution in [3.05, 3.63) is 48.9 Å². The van der Waals surface area contributed by atoms with Gasteiger partial charge in [-0.3, -0.25) is 4.79 Å². The fourth-order valence-electron chi connectivity index (χ4n) is 3.54. The summed E-state index contributed by atoms with van der Waals surface area (Å²) >= 11 is 0. The van der Waals surface area contributed by atoms with Crippen LogP contribution in [0.4, 0.5) is 5.82 Å². The maximum absolute atomic E-state index is 11.8. The number of anilines is 1. The van der Waals surface area contributed by atoms with E-state index in [0.717, 1.165) is 33.5 Å². The van der Waals surface area contributed by atoms with Crippen molar-refractivity contribution in [3.8, 4) is 11.4 Å². The molecule has 2 radical (unpaired) electrons. The van der Waals surface area contributed by atoms with Gasteiger partial charge in [0.1, 0.15) is 17.0 Å². The number of pyridine rings is 2. The van der Waals surface area contributed by atoms with Crippen LogP contribution in [0.1, 0.15) is 12.6 Å². The number of fused-ring (bicyclic) bond motifs is 3. The maximum atomic E-state index is 11.8. The molecule has 1 N–H and O–H groups in total. The van der Waals surface area contributed by atoms with Crippen LogP contribution in [-0.2, 0) is 18.4 Å². The smallest absolute Gasteiger partial charge is 0.228 e. The Labute approximate surface area is 175 Å². The minimum atomic E-state index is -0.0195. The van der Waals surface area contributed by atoms with E-state index >= 15 is 0 Å². The Balaban J connectivity index is 1.79. The number of rotatable bonds is 6. The van der Waals surface area contributed by atoms with Crippen molar-refractivity contribution in [3.63, 3.8) is 0 Å². The Kier molecular flexibility index (Phi) is 5.03. The average molecular weight is 399 g/mol. The fraction of sp³-hybridized carbons (Fsp3) is 0.238. The predicted octanol–water partition coefficient (Wildman–Crippen LogP) is 2.57. The number of H-pyrrole nitrogens is 1. The zero-order chi connectivity index (χ0) is 21.4. The molecule has 4 rings (SSSR count). The predicted molar refractivity (Wildman–Crippen MR) is 119 cm³/mol. The van der Waals surface area contributed by atoms with E-state index in [1.54, 1.807) is 31.3 Å². The van der Waals surface area contributed by atoms with E-state index in [2.05, 4.69) is 21.5 Å². The molecule has 9 heteroatoms. The molecular formula is C21H22BN7O. The molecule has 150 valence electrons. The van der Waals surface area contributed by atoms with E-state index in [1.165, 1.54) is 4.81 Å². The first kappa shape index (κ1) is 19.7. The molecule has 0 saturated carbocycles. The van der Waals surface area contributed by atoms with Gasteiger partial charge >= 0.3 is 0 Å². The molecule has 0 atom stereocenters. The van der Waals surface area contributed by atoms with Crippen LogP contribution in [-0.4, -0.2) is 56.9 Å². The Morgan fingerprint density at radius 1 is 1.37 bits per heavy atom. The third-order valence-electron chi connectivity index (χ3n) is 4.98. The highest BCUT2D eigenvalue weighted by atomic mass is 16.2. The zero-order valence-corrected chi connectivity index (χ0v) is 17.3. The molecule has 4 heterocycles. The molecule has 0 bridgehead atoms. The number of nitrogens with one attached hydrogen (secondary N) is 1. The quantitative estimate of drug-likeness (QED) is 0.398. The van der Waals surface area contributed by atoms with Gasteiger partial charge in [0.2, 0.25) is 13.9 Å². The van der Waals surface area contributed by atoms with Crippen molar-refractivity contribution in [2.24, 2.45) is 7.05 Å². The summed E-state index contributed by atoms with van der Waals surface area (Å²) in [5.74, 6) is 0.573. The molecule has 0 aliphatic heterocycles. The van der Waals surface area contributed by atoms with Gasteiger partial charge in [0, 0.05) is 25.9 Å². The van der Waals surface area contributed by atoms with Crippen molar-refractivity contribution in [2.45, 2.75) is 13.5 Å². The van der Waals surface area contributed by atoms with E-state index < -0.39 is 0 Å². The zero-order valence-electron chi connectivity index (χ0n) is 17.3. The molecule has 8 nitrogen and oxygen atoms in total. The van der Waals surface area contributed by atoms with Gasteiger partial charge in [-0.1, -0.05) is 12.1 Å². The number of imidazole rings is 1. The van der Waals surface area contributed by atoms with Crippen LogP contribution in [0.5, 0.6) is 0 Å².